The number of aromatic amines is 1. The first-order valence-corrected chi connectivity index (χ1v) is 14.9. The van der Waals surface area contributed by atoms with Crippen molar-refractivity contribution < 1.29 is 13.2 Å². The van der Waals surface area contributed by atoms with E-state index in [0.29, 0.717) is 40.4 Å². The first kappa shape index (κ1) is 26.9. The van der Waals surface area contributed by atoms with Crippen LogP contribution in [0.5, 0.6) is 0 Å². The molecule has 2 atom stereocenters. The van der Waals surface area contributed by atoms with Gasteiger partial charge in [0.2, 0.25) is 0 Å². The van der Waals surface area contributed by atoms with Crippen LogP contribution in [0.15, 0.2) is 43.0 Å². The first-order valence-electron chi connectivity index (χ1n) is 14.1. The number of H-pyrrole nitrogens is 1. The third-order valence-electron chi connectivity index (χ3n) is 8.81. The summed E-state index contributed by atoms with van der Waals surface area (Å²) in [5, 5.41) is 22.0. The lowest BCUT2D eigenvalue weighted by atomic mass is 9.95. The highest BCUT2D eigenvalue weighted by atomic mass is 32.1. The lowest BCUT2D eigenvalue weighted by Crippen LogP contribution is -2.46. The number of aryl methyl sites for hydroxylation is 1. The van der Waals surface area contributed by atoms with Crippen molar-refractivity contribution in [2.75, 3.05) is 5.32 Å². The molecule has 4 aromatic heterocycles. The molecule has 2 saturated heterocycles. The van der Waals surface area contributed by atoms with Crippen LogP contribution in [0.1, 0.15) is 52.9 Å². The fourth-order valence-corrected chi connectivity index (χ4v) is 7.87. The molecule has 7 rings (SSSR count). The van der Waals surface area contributed by atoms with Crippen LogP contribution in [0.4, 0.5) is 19.0 Å². The Morgan fingerprint density at radius 2 is 1.93 bits per heavy atom. The number of hydrogen-bond acceptors (Lipinski definition) is 7. The molecule has 2 bridgehead atoms. The molecule has 0 saturated carbocycles. The number of nitrogens with one attached hydrogen (secondary N) is 2. The van der Waals surface area contributed by atoms with Crippen molar-refractivity contribution in [1.29, 1.82) is 5.26 Å². The van der Waals surface area contributed by atoms with Crippen molar-refractivity contribution in [1.82, 2.24) is 29.6 Å². The molecule has 8 nitrogen and oxygen atoms in total. The molecule has 0 amide bonds. The number of nitrogens with zero attached hydrogens (tertiary/aromatic N) is 6. The number of benzene rings is 1. The lowest BCUT2D eigenvalue weighted by molar-refractivity contribution is -0.126. The van der Waals surface area contributed by atoms with Crippen LogP contribution in [-0.2, 0) is 19.5 Å². The summed E-state index contributed by atoms with van der Waals surface area (Å²) in [6.45, 7) is 3.58. The number of halogens is 3. The molecule has 2 fully saturated rings. The van der Waals surface area contributed by atoms with Gasteiger partial charge in [-0.1, -0.05) is 6.07 Å². The number of thiophene rings is 1. The van der Waals surface area contributed by atoms with E-state index in [1.54, 1.807) is 12.3 Å². The van der Waals surface area contributed by atoms with Gasteiger partial charge in [0.15, 0.2) is 0 Å². The molecule has 0 aliphatic carbocycles. The van der Waals surface area contributed by atoms with Crippen molar-refractivity contribution >= 4 is 38.3 Å². The highest BCUT2D eigenvalue weighted by Gasteiger charge is 2.41. The first-order chi connectivity index (χ1) is 20.3. The van der Waals surface area contributed by atoms with Crippen LogP contribution >= 0.6 is 11.3 Å². The highest BCUT2D eigenvalue weighted by Crippen LogP contribution is 2.40. The Hall–Kier alpha value is -3.95. The molecule has 12 heteroatoms. The Labute approximate surface area is 244 Å². The number of nitriles is 1. The SMILES string of the molecule is Cc1c(CN2C3CCC2CC(Nc2ncnc4sc(CC(F)(F)F)cc24)C3)ccc2c1cc(C#N)n2Cc1cn[nH]c1. The number of alkyl halides is 3. The standard InChI is InChI=1S/C30H29F3N8S/c1-17-19(2-5-27-25(17)8-23(11-34)41(27)14-18-12-37-38-13-18)15-40-21-3-4-22(40)7-20(6-21)39-28-26-9-24(10-30(31,32)33)42-29(26)36-16-35-28/h2,5,8-9,12-13,16,20-22H,3-4,6-7,10,14-15H2,1H3,(H,37,38)(H,35,36,39). The number of aromatic nitrogens is 5. The van der Waals surface area contributed by atoms with Gasteiger partial charge in [-0.25, -0.2) is 9.97 Å². The normalized spacial score (nSPS) is 20.9. The molecule has 6 heterocycles. The van der Waals surface area contributed by atoms with Crippen LogP contribution in [0.25, 0.3) is 21.1 Å². The van der Waals surface area contributed by atoms with E-state index in [4.69, 9.17) is 0 Å². The molecule has 5 aromatic rings. The minimum atomic E-state index is -4.25. The maximum absolute atomic E-state index is 13.0. The molecular weight excluding hydrogens is 561 g/mol. The lowest BCUT2D eigenvalue weighted by Gasteiger charge is -2.39. The molecule has 2 aliphatic rings. The van der Waals surface area contributed by atoms with E-state index in [1.807, 2.05) is 16.8 Å². The van der Waals surface area contributed by atoms with Crippen LogP contribution in [0.2, 0.25) is 0 Å². The molecule has 2 N–H and O–H groups in total. The van der Waals surface area contributed by atoms with Gasteiger partial charge in [-0.3, -0.25) is 10.00 Å². The van der Waals surface area contributed by atoms with Gasteiger partial charge in [0, 0.05) is 52.2 Å². The van der Waals surface area contributed by atoms with Gasteiger partial charge in [-0.05, 0) is 61.9 Å². The monoisotopic (exact) mass is 590 g/mol. The van der Waals surface area contributed by atoms with Crippen molar-refractivity contribution in [3.8, 4) is 6.07 Å². The zero-order chi connectivity index (χ0) is 29.0. The molecular formula is C30H29F3N8S. The third-order valence-corrected chi connectivity index (χ3v) is 9.85. The summed E-state index contributed by atoms with van der Waals surface area (Å²) < 4.78 is 40.9. The molecule has 216 valence electrons. The summed E-state index contributed by atoms with van der Waals surface area (Å²) in [5.74, 6) is 0.622. The maximum atomic E-state index is 13.0. The number of rotatable bonds is 7. The van der Waals surface area contributed by atoms with Gasteiger partial charge in [-0.15, -0.1) is 11.3 Å². The van der Waals surface area contributed by atoms with Gasteiger partial charge in [-0.2, -0.15) is 23.5 Å². The number of fused-ring (bicyclic) bond motifs is 4. The van der Waals surface area contributed by atoms with E-state index in [2.05, 4.69) is 55.5 Å². The van der Waals surface area contributed by atoms with E-state index in [9.17, 15) is 18.4 Å². The van der Waals surface area contributed by atoms with Crippen LogP contribution in [0, 0.1) is 18.3 Å². The predicted octanol–water partition coefficient (Wildman–Crippen LogP) is 6.31. The van der Waals surface area contributed by atoms with Gasteiger partial charge in [0.1, 0.15) is 28.7 Å². The van der Waals surface area contributed by atoms with E-state index in [0.717, 1.165) is 60.0 Å². The smallest absolute Gasteiger partial charge is 0.367 e. The quantitative estimate of drug-likeness (QED) is 0.231. The minimum Gasteiger partial charge on any atom is -0.367 e. The van der Waals surface area contributed by atoms with Crippen LogP contribution in [-0.4, -0.2) is 53.9 Å². The van der Waals surface area contributed by atoms with Crippen LogP contribution in [0.3, 0.4) is 0 Å². The number of anilines is 1. The summed E-state index contributed by atoms with van der Waals surface area (Å²) >= 11 is 1.08. The second-order valence-electron chi connectivity index (χ2n) is 11.4. The second-order valence-corrected chi connectivity index (χ2v) is 12.5. The van der Waals surface area contributed by atoms with E-state index in [-0.39, 0.29) is 10.9 Å². The Morgan fingerprint density at radius 3 is 2.64 bits per heavy atom. The van der Waals surface area contributed by atoms with Crippen LogP contribution < -0.4 is 5.32 Å². The Kier molecular flexibility index (Phi) is 6.66. The van der Waals surface area contributed by atoms with Crippen molar-refractivity contribution in [3.05, 3.63) is 70.2 Å². The average Bonchev–Trinajstić information content (AvgIpc) is 3.72. The Balaban J connectivity index is 1.08. The van der Waals surface area contributed by atoms with Crippen molar-refractivity contribution in [3.63, 3.8) is 0 Å². The second kappa shape index (κ2) is 10.4. The van der Waals surface area contributed by atoms with E-state index in [1.165, 1.54) is 17.5 Å². The molecule has 2 unspecified atom stereocenters. The summed E-state index contributed by atoms with van der Waals surface area (Å²) in [4.78, 5) is 12.1. The zero-order valence-corrected chi connectivity index (χ0v) is 23.8. The molecule has 0 spiro atoms. The Morgan fingerprint density at radius 1 is 1.12 bits per heavy atom. The Bertz CT molecular complexity index is 1790. The largest absolute Gasteiger partial charge is 0.393 e. The molecule has 1 aromatic carbocycles. The topological polar surface area (TPSA) is 98.5 Å². The third kappa shape index (κ3) is 5.01. The van der Waals surface area contributed by atoms with Gasteiger partial charge in [0.05, 0.1) is 24.5 Å². The highest BCUT2D eigenvalue weighted by molar-refractivity contribution is 7.18. The van der Waals surface area contributed by atoms with Crippen molar-refractivity contribution in [2.45, 2.75) is 76.4 Å². The molecule has 0 radical (unpaired) electrons. The fraction of sp³-hybridized carbons (Fsp3) is 0.400. The predicted molar refractivity (Wildman–Crippen MR) is 155 cm³/mol. The number of piperidine rings is 1. The van der Waals surface area contributed by atoms with Gasteiger partial charge in [0.25, 0.3) is 0 Å². The van der Waals surface area contributed by atoms with E-state index < -0.39 is 12.6 Å². The average molecular weight is 591 g/mol. The summed E-state index contributed by atoms with van der Waals surface area (Å²) in [6.07, 6.45) is 4.00. The maximum Gasteiger partial charge on any atom is 0.393 e. The summed E-state index contributed by atoms with van der Waals surface area (Å²) in [6, 6.07) is 11.3. The summed E-state index contributed by atoms with van der Waals surface area (Å²) in [7, 11) is 0. The fourth-order valence-electron chi connectivity index (χ4n) is 6.85. The zero-order valence-electron chi connectivity index (χ0n) is 22.9. The number of hydrogen-bond donors (Lipinski definition) is 2. The van der Waals surface area contributed by atoms with Crippen molar-refractivity contribution in [2.24, 2.45) is 0 Å². The minimum absolute atomic E-state index is 0.196. The van der Waals surface area contributed by atoms with Gasteiger partial charge >= 0.3 is 6.18 Å². The van der Waals surface area contributed by atoms with Gasteiger partial charge < -0.3 is 9.88 Å². The summed E-state index contributed by atoms with van der Waals surface area (Å²) in [5.41, 5.74) is 5.16. The molecule has 2 aliphatic heterocycles. The van der Waals surface area contributed by atoms with E-state index >= 15 is 0 Å². The molecule has 42 heavy (non-hydrogen) atoms.